The van der Waals surface area contributed by atoms with Crippen LogP contribution in [0, 0.1) is 0 Å². The summed E-state index contributed by atoms with van der Waals surface area (Å²) in [5, 5.41) is 4.64. The highest BCUT2D eigenvalue weighted by atomic mass is 32.2. The molecule has 1 aromatic heterocycles. The Balaban J connectivity index is 2.37. The van der Waals surface area contributed by atoms with Crippen LogP contribution < -0.4 is 5.73 Å². The zero-order valence-electron chi connectivity index (χ0n) is 8.62. The lowest BCUT2D eigenvalue weighted by molar-refractivity contribution is 0.612. The molecule has 2 rings (SSSR count). The summed E-state index contributed by atoms with van der Waals surface area (Å²) in [6, 6.07) is 0. The second-order valence-corrected chi connectivity index (χ2v) is 4.63. The van der Waals surface area contributed by atoms with Crippen LogP contribution >= 0.6 is 11.8 Å². The quantitative estimate of drug-likeness (QED) is 0.817. The van der Waals surface area contributed by atoms with Gasteiger partial charge in [0.2, 0.25) is 0 Å². The number of hydrogen-bond donors (Lipinski definition) is 1. The summed E-state index contributed by atoms with van der Waals surface area (Å²) in [6.45, 7) is 3.83. The van der Waals surface area contributed by atoms with Crippen LogP contribution in [0.25, 0.3) is 0 Å². The molecule has 1 aliphatic heterocycles. The van der Waals surface area contributed by atoms with Crippen molar-refractivity contribution in [2.45, 2.75) is 32.1 Å². The van der Waals surface area contributed by atoms with E-state index in [9.17, 15) is 0 Å². The Morgan fingerprint density at radius 1 is 1.57 bits per heavy atom. The van der Waals surface area contributed by atoms with Crippen molar-refractivity contribution in [3.8, 4) is 0 Å². The first-order valence-electron chi connectivity index (χ1n) is 5.22. The Morgan fingerprint density at radius 2 is 2.43 bits per heavy atom. The van der Waals surface area contributed by atoms with Gasteiger partial charge in [0, 0.05) is 36.4 Å². The minimum atomic E-state index is 0.725. The van der Waals surface area contributed by atoms with Gasteiger partial charge in [-0.05, 0) is 19.2 Å². The van der Waals surface area contributed by atoms with Gasteiger partial charge in [-0.3, -0.25) is 4.68 Å². The van der Waals surface area contributed by atoms with E-state index in [4.69, 9.17) is 5.73 Å². The average molecular weight is 211 g/mol. The van der Waals surface area contributed by atoms with Gasteiger partial charge in [-0.1, -0.05) is 0 Å². The molecule has 0 saturated carbocycles. The van der Waals surface area contributed by atoms with Gasteiger partial charge in [0.15, 0.2) is 0 Å². The molecule has 0 atom stereocenters. The van der Waals surface area contributed by atoms with Crippen LogP contribution in [0.15, 0.2) is 0 Å². The molecule has 0 spiro atoms. The molecule has 0 fully saturated rings. The molecule has 3 nitrogen and oxygen atoms in total. The summed E-state index contributed by atoms with van der Waals surface area (Å²) in [4.78, 5) is 0. The zero-order chi connectivity index (χ0) is 9.97. The van der Waals surface area contributed by atoms with Gasteiger partial charge in [0.1, 0.15) is 0 Å². The van der Waals surface area contributed by atoms with Crippen LogP contribution in [-0.4, -0.2) is 22.1 Å². The van der Waals surface area contributed by atoms with Crippen molar-refractivity contribution in [2.24, 2.45) is 5.73 Å². The average Bonchev–Trinajstić information content (AvgIpc) is 2.58. The molecule has 0 saturated heterocycles. The number of fused-ring (bicyclic) bond motifs is 1. The Hall–Kier alpha value is -0.480. The Labute approximate surface area is 89.1 Å². The molecular formula is C10H17N3S. The molecule has 1 aliphatic rings. The van der Waals surface area contributed by atoms with Crippen LogP contribution in [0.3, 0.4) is 0 Å². The van der Waals surface area contributed by atoms with Crippen molar-refractivity contribution >= 4 is 11.8 Å². The predicted octanol–water partition coefficient (Wildman–Crippen LogP) is 1.19. The number of thioether (sulfide) groups is 1. The summed E-state index contributed by atoms with van der Waals surface area (Å²) in [5.74, 6) is 2.35. The summed E-state index contributed by atoms with van der Waals surface area (Å²) in [5.41, 5.74) is 9.78. The molecule has 14 heavy (non-hydrogen) atoms. The normalized spacial score (nSPS) is 15.6. The molecule has 1 aromatic rings. The highest BCUT2D eigenvalue weighted by Crippen LogP contribution is 2.27. The molecule has 2 N–H and O–H groups in total. The second kappa shape index (κ2) is 4.36. The van der Waals surface area contributed by atoms with Gasteiger partial charge >= 0.3 is 0 Å². The molecule has 0 radical (unpaired) electrons. The first-order valence-corrected chi connectivity index (χ1v) is 6.37. The van der Waals surface area contributed by atoms with Crippen molar-refractivity contribution < 1.29 is 0 Å². The first-order chi connectivity index (χ1) is 6.86. The topological polar surface area (TPSA) is 43.8 Å². The number of rotatable bonds is 3. The lowest BCUT2D eigenvalue weighted by Crippen LogP contribution is -2.11. The van der Waals surface area contributed by atoms with Crippen molar-refractivity contribution in [1.29, 1.82) is 0 Å². The maximum Gasteiger partial charge on any atom is 0.0676 e. The number of aryl methyl sites for hydroxylation is 2. The lowest BCUT2D eigenvalue weighted by Gasteiger charge is -2.10. The summed E-state index contributed by atoms with van der Waals surface area (Å²) in [7, 11) is 0. The van der Waals surface area contributed by atoms with Gasteiger partial charge in [0.25, 0.3) is 0 Å². The molecule has 0 aromatic carbocycles. The summed E-state index contributed by atoms with van der Waals surface area (Å²) >= 11 is 2.01. The Kier molecular flexibility index (Phi) is 3.13. The summed E-state index contributed by atoms with van der Waals surface area (Å²) in [6.07, 6.45) is 2.10. The van der Waals surface area contributed by atoms with E-state index in [0.717, 1.165) is 31.7 Å². The van der Waals surface area contributed by atoms with Crippen LogP contribution in [0.5, 0.6) is 0 Å². The van der Waals surface area contributed by atoms with Crippen LogP contribution in [0.1, 0.15) is 23.9 Å². The van der Waals surface area contributed by atoms with Gasteiger partial charge in [-0.15, -0.1) is 0 Å². The predicted molar refractivity (Wildman–Crippen MR) is 60.5 cm³/mol. The fourth-order valence-electron chi connectivity index (χ4n) is 1.98. The molecule has 78 valence electrons. The van der Waals surface area contributed by atoms with Crippen molar-refractivity contribution in [3.05, 3.63) is 17.0 Å². The standard InChI is InChI=1S/C10H17N3S/c1-2-13-10(3-5-11)8-7-14-6-4-9(8)12-13/h2-7,11H2,1H3. The molecule has 0 unspecified atom stereocenters. The minimum absolute atomic E-state index is 0.725. The highest BCUT2D eigenvalue weighted by Gasteiger charge is 2.19. The van der Waals surface area contributed by atoms with Crippen molar-refractivity contribution in [1.82, 2.24) is 9.78 Å². The van der Waals surface area contributed by atoms with E-state index >= 15 is 0 Å². The molecule has 2 heterocycles. The van der Waals surface area contributed by atoms with E-state index in [1.165, 1.54) is 22.7 Å². The van der Waals surface area contributed by atoms with E-state index in [2.05, 4.69) is 16.7 Å². The monoisotopic (exact) mass is 211 g/mol. The van der Waals surface area contributed by atoms with E-state index < -0.39 is 0 Å². The molecule has 4 heteroatoms. The van der Waals surface area contributed by atoms with Gasteiger partial charge in [-0.2, -0.15) is 16.9 Å². The fraction of sp³-hybridized carbons (Fsp3) is 0.700. The third-order valence-electron chi connectivity index (χ3n) is 2.66. The zero-order valence-corrected chi connectivity index (χ0v) is 9.44. The largest absolute Gasteiger partial charge is 0.330 e. The number of nitrogens with two attached hydrogens (primary N) is 1. The molecule has 0 amide bonds. The van der Waals surface area contributed by atoms with E-state index in [-0.39, 0.29) is 0 Å². The third-order valence-corrected chi connectivity index (χ3v) is 3.65. The summed E-state index contributed by atoms with van der Waals surface area (Å²) < 4.78 is 2.13. The number of nitrogens with zero attached hydrogens (tertiary/aromatic N) is 2. The molecule has 0 aliphatic carbocycles. The minimum Gasteiger partial charge on any atom is -0.330 e. The Bertz CT molecular complexity index is 319. The SMILES string of the molecule is CCn1nc2c(c1CCN)CSCC2. The maximum absolute atomic E-state index is 5.63. The van der Waals surface area contributed by atoms with Crippen LogP contribution in [0.4, 0.5) is 0 Å². The van der Waals surface area contributed by atoms with Crippen molar-refractivity contribution in [2.75, 3.05) is 12.3 Å². The van der Waals surface area contributed by atoms with Crippen LogP contribution in [-0.2, 0) is 25.1 Å². The lowest BCUT2D eigenvalue weighted by atomic mass is 10.1. The second-order valence-electron chi connectivity index (χ2n) is 3.53. The first kappa shape index (κ1) is 10.1. The third kappa shape index (κ3) is 1.68. The van der Waals surface area contributed by atoms with Gasteiger partial charge < -0.3 is 5.73 Å². The Morgan fingerprint density at radius 3 is 3.14 bits per heavy atom. The van der Waals surface area contributed by atoms with Gasteiger partial charge in [-0.25, -0.2) is 0 Å². The van der Waals surface area contributed by atoms with E-state index in [1.54, 1.807) is 0 Å². The fourth-order valence-corrected chi connectivity index (χ4v) is 3.00. The van der Waals surface area contributed by atoms with E-state index in [1.807, 2.05) is 11.8 Å². The molecule has 0 bridgehead atoms. The number of aromatic nitrogens is 2. The maximum atomic E-state index is 5.63. The van der Waals surface area contributed by atoms with Crippen molar-refractivity contribution in [3.63, 3.8) is 0 Å². The van der Waals surface area contributed by atoms with E-state index in [0.29, 0.717) is 0 Å². The van der Waals surface area contributed by atoms with Gasteiger partial charge in [0.05, 0.1) is 5.69 Å². The van der Waals surface area contributed by atoms with Crippen LogP contribution in [0.2, 0.25) is 0 Å². The molecular weight excluding hydrogens is 194 g/mol. The smallest absolute Gasteiger partial charge is 0.0676 e. The highest BCUT2D eigenvalue weighted by molar-refractivity contribution is 7.98. The number of hydrogen-bond acceptors (Lipinski definition) is 3.